The minimum absolute atomic E-state index is 0.479. The van der Waals surface area contributed by atoms with Crippen LogP contribution in [0.2, 0.25) is 0 Å². The fraction of sp³-hybridized carbons (Fsp3) is 0.294. The summed E-state index contributed by atoms with van der Waals surface area (Å²) in [6.45, 7) is 3.18. The van der Waals surface area contributed by atoms with Crippen molar-refractivity contribution in [3.8, 4) is 5.75 Å². The SMILES string of the molecule is COCCNC(=S)N/N=C(/C)c1ccc2cc(OC)ccc2c1. The molecule has 0 spiro atoms. The highest BCUT2D eigenvalue weighted by molar-refractivity contribution is 7.80. The Balaban J connectivity index is 2.06. The molecule has 0 aliphatic heterocycles. The standard InChI is InChI=1S/C17H21N3O2S/c1-12(19-20-17(23)18-8-9-21-2)13-4-5-15-11-16(22-3)7-6-14(15)10-13/h4-7,10-11H,8-9H2,1-3H3,(H2,18,20,23)/b19-12-. The van der Waals surface area contributed by atoms with Crippen molar-refractivity contribution in [3.05, 3.63) is 42.0 Å². The second kappa shape index (κ2) is 8.45. The molecule has 23 heavy (non-hydrogen) atoms. The Labute approximate surface area is 141 Å². The van der Waals surface area contributed by atoms with E-state index in [1.54, 1.807) is 14.2 Å². The van der Waals surface area contributed by atoms with Crippen molar-refractivity contribution in [2.24, 2.45) is 5.10 Å². The van der Waals surface area contributed by atoms with Crippen molar-refractivity contribution in [2.45, 2.75) is 6.92 Å². The molecule has 0 unspecified atom stereocenters. The van der Waals surface area contributed by atoms with Gasteiger partial charge in [0.2, 0.25) is 0 Å². The Morgan fingerprint density at radius 1 is 1.13 bits per heavy atom. The maximum Gasteiger partial charge on any atom is 0.187 e. The summed E-state index contributed by atoms with van der Waals surface area (Å²) in [5, 5.41) is 10.1. The van der Waals surface area contributed by atoms with Crippen LogP contribution in [0.1, 0.15) is 12.5 Å². The van der Waals surface area contributed by atoms with Crippen LogP contribution in [0.3, 0.4) is 0 Å². The molecule has 0 amide bonds. The molecule has 122 valence electrons. The van der Waals surface area contributed by atoms with Gasteiger partial charge in [-0.3, -0.25) is 5.43 Å². The van der Waals surface area contributed by atoms with Crippen LogP contribution in [0, 0.1) is 0 Å². The summed E-state index contributed by atoms with van der Waals surface area (Å²) in [6, 6.07) is 12.2. The second-order valence-electron chi connectivity index (χ2n) is 4.99. The third-order valence-corrected chi connectivity index (χ3v) is 3.62. The van der Waals surface area contributed by atoms with Gasteiger partial charge in [-0.15, -0.1) is 0 Å². The highest BCUT2D eigenvalue weighted by Gasteiger charge is 2.02. The van der Waals surface area contributed by atoms with Gasteiger partial charge in [-0.2, -0.15) is 5.10 Å². The molecular weight excluding hydrogens is 310 g/mol. The molecule has 0 atom stereocenters. The number of benzene rings is 2. The number of hydrazone groups is 1. The fourth-order valence-corrected chi connectivity index (χ4v) is 2.23. The summed E-state index contributed by atoms with van der Waals surface area (Å²) in [5.74, 6) is 0.852. The number of nitrogens with one attached hydrogen (secondary N) is 2. The van der Waals surface area contributed by atoms with E-state index in [4.69, 9.17) is 21.7 Å². The van der Waals surface area contributed by atoms with Crippen molar-refractivity contribution in [3.63, 3.8) is 0 Å². The van der Waals surface area contributed by atoms with Crippen molar-refractivity contribution in [1.82, 2.24) is 10.7 Å². The van der Waals surface area contributed by atoms with Crippen molar-refractivity contribution < 1.29 is 9.47 Å². The van der Waals surface area contributed by atoms with Crippen molar-refractivity contribution in [1.29, 1.82) is 0 Å². The number of methoxy groups -OCH3 is 2. The molecular formula is C17H21N3O2S. The van der Waals surface area contributed by atoms with E-state index in [-0.39, 0.29) is 0 Å². The Bertz CT molecular complexity index is 716. The average Bonchev–Trinajstić information content (AvgIpc) is 2.58. The third kappa shape index (κ3) is 4.91. The van der Waals surface area contributed by atoms with Crippen molar-refractivity contribution >= 4 is 33.8 Å². The van der Waals surface area contributed by atoms with Gasteiger partial charge in [0.1, 0.15) is 5.75 Å². The predicted octanol–water partition coefficient (Wildman–Crippen LogP) is 2.68. The maximum atomic E-state index is 5.24. The van der Waals surface area contributed by atoms with Gasteiger partial charge < -0.3 is 14.8 Å². The zero-order valence-electron chi connectivity index (χ0n) is 13.6. The van der Waals surface area contributed by atoms with Crippen LogP contribution in [0.15, 0.2) is 41.5 Å². The van der Waals surface area contributed by atoms with Crippen LogP contribution < -0.4 is 15.5 Å². The topological polar surface area (TPSA) is 54.9 Å². The average molecular weight is 331 g/mol. The van der Waals surface area contributed by atoms with Crippen LogP contribution in [-0.4, -0.2) is 38.2 Å². The monoisotopic (exact) mass is 331 g/mol. The molecule has 2 rings (SSSR count). The van der Waals surface area contributed by atoms with E-state index in [0.717, 1.165) is 27.8 Å². The number of thiocarbonyl (C=S) groups is 1. The second-order valence-corrected chi connectivity index (χ2v) is 5.39. The first-order valence-electron chi connectivity index (χ1n) is 7.29. The zero-order valence-corrected chi connectivity index (χ0v) is 14.4. The van der Waals surface area contributed by atoms with Gasteiger partial charge in [0.05, 0.1) is 19.4 Å². The van der Waals surface area contributed by atoms with Gasteiger partial charge in [0.15, 0.2) is 5.11 Å². The number of hydrogen-bond acceptors (Lipinski definition) is 4. The molecule has 0 fully saturated rings. The van der Waals surface area contributed by atoms with Crippen LogP contribution in [0.5, 0.6) is 5.75 Å². The van der Waals surface area contributed by atoms with E-state index in [1.165, 1.54) is 0 Å². The molecule has 0 aliphatic carbocycles. The first kappa shape index (κ1) is 17.2. The first-order chi connectivity index (χ1) is 11.1. The van der Waals surface area contributed by atoms with Gasteiger partial charge in [-0.05, 0) is 53.7 Å². The zero-order chi connectivity index (χ0) is 16.7. The lowest BCUT2D eigenvalue weighted by Crippen LogP contribution is -2.34. The van der Waals surface area contributed by atoms with Crippen LogP contribution in [0.4, 0.5) is 0 Å². The summed E-state index contributed by atoms with van der Waals surface area (Å²) in [4.78, 5) is 0. The van der Waals surface area contributed by atoms with Crippen LogP contribution in [0.25, 0.3) is 10.8 Å². The molecule has 2 N–H and O–H groups in total. The predicted molar refractivity (Wildman–Crippen MR) is 98.3 cm³/mol. The molecule has 0 heterocycles. The molecule has 0 saturated heterocycles. The Hall–Kier alpha value is -2.18. The normalized spacial score (nSPS) is 11.3. The number of nitrogens with zero attached hydrogens (tertiary/aromatic N) is 1. The Morgan fingerprint density at radius 2 is 1.87 bits per heavy atom. The minimum atomic E-state index is 0.479. The first-order valence-corrected chi connectivity index (χ1v) is 7.70. The van der Waals surface area contributed by atoms with E-state index in [9.17, 15) is 0 Å². The molecule has 0 saturated carbocycles. The third-order valence-electron chi connectivity index (χ3n) is 3.38. The summed E-state index contributed by atoms with van der Waals surface area (Å²) in [5.41, 5.74) is 4.74. The van der Waals surface area contributed by atoms with E-state index >= 15 is 0 Å². The summed E-state index contributed by atoms with van der Waals surface area (Å²) < 4.78 is 10.2. The van der Waals surface area contributed by atoms with Gasteiger partial charge in [0.25, 0.3) is 0 Å². The van der Waals surface area contributed by atoms with Gasteiger partial charge in [-0.1, -0.05) is 18.2 Å². The molecule has 2 aromatic carbocycles. The highest BCUT2D eigenvalue weighted by Crippen LogP contribution is 2.22. The summed E-state index contributed by atoms with van der Waals surface area (Å²) >= 11 is 5.14. The lowest BCUT2D eigenvalue weighted by molar-refractivity contribution is 0.204. The Kier molecular flexibility index (Phi) is 6.31. The number of rotatable bonds is 6. The highest BCUT2D eigenvalue weighted by atomic mass is 32.1. The molecule has 2 aromatic rings. The quantitative estimate of drug-likeness (QED) is 0.369. The number of ether oxygens (including phenoxy) is 2. The lowest BCUT2D eigenvalue weighted by atomic mass is 10.0. The number of fused-ring (bicyclic) bond motifs is 1. The van der Waals surface area contributed by atoms with E-state index in [2.05, 4.69) is 28.0 Å². The van der Waals surface area contributed by atoms with E-state index in [1.807, 2.05) is 31.2 Å². The fourth-order valence-electron chi connectivity index (χ4n) is 2.08. The summed E-state index contributed by atoms with van der Waals surface area (Å²) in [6.07, 6.45) is 0. The molecule has 5 nitrogen and oxygen atoms in total. The van der Waals surface area contributed by atoms with Crippen molar-refractivity contribution in [2.75, 3.05) is 27.4 Å². The smallest absolute Gasteiger partial charge is 0.187 e. The summed E-state index contributed by atoms with van der Waals surface area (Å²) in [7, 11) is 3.32. The molecule has 0 aromatic heterocycles. The van der Waals surface area contributed by atoms with Gasteiger partial charge >= 0.3 is 0 Å². The molecule has 0 bridgehead atoms. The minimum Gasteiger partial charge on any atom is -0.497 e. The van der Waals surface area contributed by atoms with Gasteiger partial charge in [0, 0.05) is 13.7 Å². The lowest BCUT2D eigenvalue weighted by Gasteiger charge is -2.08. The largest absolute Gasteiger partial charge is 0.497 e. The molecule has 6 heteroatoms. The molecule has 0 radical (unpaired) electrons. The maximum absolute atomic E-state index is 5.24. The molecule has 0 aliphatic rings. The number of hydrogen-bond donors (Lipinski definition) is 2. The van der Waals surface area contributed by atoms with Crippen LogP contribution in [-0.2, 0) is 4.74 Å². The van der Waals surface area contributed by atoms with Crippen LogP contribution >= 0.6 is 12.2 Å². The van der Waals surface area contributed by atoms with Gasteiger partial charge in [-0.25, -0.2) is 0 Å². The Morgan fingerprint density at radius 3 is 2.61 bits per heavy atom. The van der Waals surface area contributed by atoms with E-state index in [0.29, 0.717) is 18.3 Å². The van der Waals surface area contributed by atoms with E-state index < -0.39 is 0 Å².